The summed E-state index contributed by atoms with van der Waals surface area (Å²) in [5.74, 6) is -0.754. The van der Waals surface area contributed by atoms with Crippen molar-refractivity contribution in [2.75, 3.05) is 18.9 Å². The van der Waals surface area contributed by atoms with Gasteiger partial charge in [0, 0.05) is 11.3 Å². The van der Waals surface area contributed by atoms with E-state index in [1.54, 1.807) is 19.1 Å². The first kappa shape index (κ1) is 18.9. The van der Waals surface area contributed by atoms with Crippen LogP contribution in [0.2, 0.25) is 0 Å². The second-order valence-corrected chi connectivity index (χ2v) is 6.65. The first-order valence-corrected chi connectivity index (χ1v) is 8.57. The molecule has 3 N–H and O–H groups in total. The van der Waals surface area contributed by atoms with Crippen LogP contribution in [0.3, 0.4) is 0 Å². The topological polar surface area (TPSA) is 104 Å². The molecule has 0 saturated heterocycles. The lowest BCUT2D eigenvalue weighted by atomic mass is 10.2. The van der Waals surface area contributed by atoms with E-state index in [-0.39, 0.29) is 17.3 Å². The number of sulfonamides is 1. The van der Waals surface area contributed by atoms with E-state index in [2.05, 4.69) is 15.4 Å². The Morgan fingerprint density at radius 3 is 2.57 bits per heavy atom. The average Bonchev–Trinajstić information content (AvgIpc) is 2.53. The summed E-state index contributed by atoms with van der Waals surface area (Å²) in [5, 5.41) is 5.03. The van der Waals surface area contributed by atoms with Crippen LogP contribution in [-0.2, 0) is 19.6 Å². The van der Waals surface area contributed by atoms with Crippen LogP contribution in [0.15, 0.2) is 40.8 Å². The Bertz CT molecular complexity index is 711. The molecule has 23 heavy (non-hydrogen) atoms. The fourth-order valence-electron chi connectivity index (χ4n) is 1.76. The standard InChI is InChI=1S/C15H21N3O4S/c1-4-6-11(2)15(20)17-10-14(19)18-12-7-5-8-13(9-12)23(21,22)16-3/h5-9,16H,4,10H2,1-3H3,(H,17,20)(H,18,19)/b11-6+. The number of rotatable bonds is 7. The maximum absolute atomic E-state index is 11.8. The number of anilines is 1. The van der Waals surface area contributed by atoms with Gasteiger partial charge in [-0.25, -0.2) is 13.1 Å². The Morgan fingerprint density at radius 1 is 1.26 bits per heavy atom. The predicted molar refractivity (Wildman–Crippen MR) is 88.4 cm³/mol. The van der Waals surface area contributed by atoms with Gasteiger partial charge in [0.1, 0.15) is 0 Å². The van der Waals surface area contributed by atoms with Crippen molar-refractivity contribution in [3.63, 3.8) is 0 Å². The van der Waals surface area contributed by atoms with Crippen LogP contribution < -0.4 is 15.4 Å². The van der Waals surface area contributed by atoms with Crippen LogP contribution in [0.5, 0.6) is 0 Å². The number of amides is 2. The SMILES string of the molecule is CC/C=C(\C)C(=O)NCC(=O)Nc1cccc(S(=O)(=O)NC)c1. The van der Waals surface area contributed by atoms with Crippen LogP contribution in [0.25, 0.3) is 0 Å². The molecule has 0 heterocycles. The first-order chi connectivity index (χ1) is 10.8. The van der Waals surface area contributed by atoms with Crippen molar-refractivity contribution in [2.24, 2.45) is 0 Å². The Kier molecular flexibility index (Phi) is 6.92. The zero-order valence-corrected chi connectivity index (χ0v) is 14.2. The monoisotopic (exact) mass is 339 g/mol. The van der Waals surface area contributed by atoms with Crippen molar-refractivity contribution in [2.45, 2.75) is 25.2 Å². The van der Waals surface area contributed by atoms with Gasteiger partial charge in [0.05, 0.1) is 11.4 Å². The van der Waals surface area contributed by atoms with Gasteiger partial charge in [-0.2, -0.15) is 0 Å². The highest BCUT2D eigenvalue weighted by atomic mass is 32.2. The number of carbonyl (C=O) groups is 2. The molecule has 0 aromatic heterocycles. The molecule has 0 spiro atoms. The molecule has 2 amide bonds. The Labute approximate surface area is 136 Å². The van der Waals surface area contributed by atoms with Gasteiger partial charge in [-0.05, 0) is 38.6 Å². The zero-order valence-electron chi connectivity index (χ0n) is 13.3. The van der Waals surface area contributed by atoms with Gasteiger partial charge in [-0.15, -0.1) is 0 Å². The summed E-state index contributed by atoms with van der Waals surface area (Å²) in [7, 11) is -2.27. The summed E-state index contributed by atoms with van der Waals surface area (Å²) in [6.45, 7) is 3.38. The molecule has 0 unspecified atom stereocenters. The molecule has 0 saturated carbocycles. The molecule has 0 aliphatic rings. The van der Waals surface area contributed by atoms with Gasteiger partial charge in [0.25, 0.3) is 0 Å². The summed E-state index contributed by atoms with van der Waals surface area (Å²) in [5.41, 5.74) is 0.879. The molecule has 0 fully saturated rings. The van der Waals surface area contributed by atoms with Crippen molar-refractivity contribution in [1.82, 2.24) is 10.0 Å². The van der Waals surface area contributed by atoms with E-state index >= 15 is 0 Å². The maximum atomic E-state index is 11.8. The highest BCUT2D eigenvalue weighted by molar-refractivity contribution is 7.89. The maximum Gasteiger partial charge on any atom is 0.247 e. The number of allylic oxidation sites excluding steroid dienone is 1. The van der Waals surface area contributed by atoms with Gasteiger partial charge in [-0.1, -0.05) is 19.1 Å². The van der Waals surface area contributed by atoms with Gasteiger partial charge < -0.3 is 10.6 Å². The van der Waals surface area contributed by atoms with E-state index in [1.807, 2.05) is 6.92 Å². The Hall–Kier alpha value is -2.19. The highest BCUT2D eigenvalue weighted by Crippen LogP contribution is 2.14. The summed E-state index contributed by atoms with van der Waals surface area (Å²) in [6.07, 6.45) is 2.50. The predicted octanol–water partition coefficient (Wildman–Crippen LogP) is 1.01. The number of hydrogen-bond acceptors (Lipinski definition) is 4. The van der Waals surface area contributed by atoms with Gasteiger partial charge in [0.15, 0.2) is 0 Å². The van der Waals surface area contributed by atoms with Crippen molar-refractivity contribution < 1.29 is 18.0 Å². The molecular formula is C15H21N3O4S. The van der Waals surface area contributed by atoms with Crippen LogP contribution >= 0.6 is 0 Å². The molecular weight excluding hydrogens is 318 g/mol. The lowest BCUT2D eigenvalue weighted by Crippen LogP contribution is -2.33. The molecule has 1 rings (SSSR count). The van der Waals surface area contributed by atoms with Crippen molar-refractivity contribution >= 4 is 27.5 Å². The lowest BCUT2D eigenvalue weighted by Gasteiger charge is -2.09. The third-order valence-corrected chi connectivity index (χ3v) is 4.39. The Morgan fingerprint density at radius 2 is 1.96 bits per heavy atom. The smallest absolute Gasteiger partial charge is 0.247 e. The van der Waals surface area contributed by atoms with Gasteiger partial charge in [0.2, 0.25) is 21.8 Å². The van der Waals surface area contributed by atoms with Gasteiger partial charge >= 0.3 is 0 Å². The third-order valence-electron chi connectivity index (χ3n) is 2.97. The zero-order chi connectivity index (χ0) is 17.5. The first-order valence-electron chi connectivity index (χ1n) is 7.08. The molecule has 7 nitrogen and oxygen atoms in total. The molecule has 0 bridgehead atoms. The second kappa shape index (κ2) is 8.44. The van der Waals surface area contributed by atoms with Crippen LogP contribution in [0.1, 0.15) is 20.3 Å². The van der Waals surface area contributed by atoms with Gasteiger partial charge in [-0.3, -0.25) is 9.59 Å². The summed E-state index contributed by atoms with van der Waals surface area (Å²) < 4.78 is 25.6. The molecule has 1 aromatic carbocycles. The van der Waals surface area contributed by atoms with E-state index in [1.165, 1.54) is 25.2 Å². The lowest BCUT2D eigenvalue weighted by molar-refractivity contribution is -0.121. The van der Waals surface area contributed by atoms with Crippen molar-refractivity contribution in [3.05, 3.63) is 35.9 Å². The fourth-order valence-corrected chi connectivity index (χ4v) is 2.54. The molecule has 0 atom stereocenters. The van der Waals surface area contributed by atoms with E-state index in [0.29, 0.717) is 11.3 Å². The molecule has 0 aliphatic heterocycles. The van der Waals surface area contributed by atoms with E-state index in [4.69, 9.17) is 0 Å². The van der Waals surface area contributed by atoms with E-state index in [9.17, 15) is 18.0 Å². The quantitative estimate of drug-likeness (QED) is 0.645. The van der Waals surface area contributed by atoms with E-state index < -0.39 is 15.9 Å². The summed E-state index contributed by atoms with van der Waals surface area (Å²) >= 11 is 0. The number of carbonyl (C=O) groups excluding carboxylic acids is 2. The average molecular weight is 339 g/mol. The largest absolute Gasteiger partial charge is 0.343 e. The minimum atomic E-state index is -3.58. The Balaban J connectivity index is 2.67. The molecule has 0 aliphatic carbocycles. The molecule has 0 radical (unpaired) electrons. The molecule has 8 heteroatoms. The van der Waals surface area contributed by atoms with Crippen LogP contribution in [0, 0.1) is 0 Å². The third kappa shape index (κ3) is 5.84. The fraction of sp³-hybridized carbons (Fsp3) is 0.333. The normalized spacial score (nSPS) is 11.9. The second-order valence-electron chi connectivity index (χ2n) is 4.76. The van der Waals surface area contributed by atoms with Crippen molar-refractivity contribution in [1.29, 1.82) is 0 Å². The number of nitrogens with one attached hydrogen (secondary N) is 3. The summed E-state index contributed by atoms with van der Waals surface area (Å²) in [6, 6.07) is 5.85. The molecule has 1 aromatic rings. The highest BCUT2D eigenvalue weighted by Gasteiger charge is 2.12. The van der Waals surface area contributed by atoms with Crippen LogP contribution in [-0.4, -0.2) is 33.8 Å². The van der Waals surface area contributed by atoms with Crippen LogP contribution in [0.4, 0.5) is 5.69 Å². The molecule has 126 valence electrons. The minimum Gasteiger partial charge on any atom is -0.343 e. The number of hydrogen-bond donors (Lipinski definition) is 3. The minimum absolute atomic E-state index is 0.0450. The van der Waals surface area contributed by atoms with Crippen molar-refractivity contribution in [3.8, 4) is 0 Å². The number of benzene rings is 1. The van der Waals surface area contributed by atoms with E-state index in [0.717, 1.165) is 6.42 Å². The summed E-state index contributed by atoms with van der Waals surface area (Å²) in [4.78, 5) is 23.5.